The maximum atomic E-state index is 13.5. The quantitative estimate of drug-likeness (QED) is 0.871. The molecule has 1 aliphatic rings. The third-order valence-corrected chi connectivity index (χ3v) is 5.81. The summed E-state index contributed by atoms with van der Waals surface area (Å²) in [7, 11) is 0. The van der Waals surface area contributed by atoms with E-state index in [-0.39, 0.29) is 17.7 Å². The average molecular weight is 337 g/mol. The van der Waals surface area contributed by atoms with Gasteiger partial charge in [0.05, 0.1) is 11.5 Å². The van der Waals surface area contributed by atoms with Crippen LogP contribution >= 0.6 is 0 Å². The zero-order valence-corrected chi connectivity index (χ0v) is 15.2. The van der Waals surface area contributed by atoms with Gasteiger partial charge in [0.15, 0.2) is 0 Å². The fourth-order valence-corrected chi connectivity index (χ4v) is 4.38. The summed E-state index contributed by atoms with van der Waals surface area (Å²) in [6, 6.07) is 19.6. The number of likely N-dealkylation sites (N-methyl/N-ethyl adjacent to an activating group) is 1. The summed E-state index contributed by atoms with van der Waals surface area (Å²) in [5, 5.41) is 11.0. The van der Waals surface area contributed by atoms with Gasteiger partial charge in [-0.05, 0) is 30.9 Å². The van der Waals surface area contributed by atoms with Crippen LogP contribution in [0.2, 0.25) is 0 Å². The van der Waals surface area contributed by atoms with Gasteiger partial charge in [0.25, 0.3) is 0 Å². The van der Waals surface area contributed by atoms with Crippen molar-refractivity contribution in [3.63, 3.8) is 0 Å². The van der Waals surface area contributed by atoms with E-state index in [1.165, 1.54) is 0 Å². The molecule has 0 heterocycles. The van der Waals surface area contributed by atoms with Gasteiger partial charge in [-0.25, -0.2) is 0 Å². The largest absolute Gasteiger partial charge is 0.388 e. The summed E-state index contributed by atoms with van der Waals surface area (Å²) in [4.78, 5) is 15.4. The van der Waals surface area contributed by atoms with E-state index in [0.717, 1.165) is 11.1 Å². The molecule has 2 aromatic rings. The summed E-state index contributed by atoms with van der Waals surface area (Å²) in [5.41, 5.74) is 1.26. The van der Waals surface area contributed by atoms with Crippen LogP contribution in [0.4, 0.5) is 0 Å². The summed E-state index contributed by atoms with van der Waals surface area (Å²) in [5.74, 6) is 0.125. The Bertz CT molecular complexity index is 711. The van der Waals surface area contributed by atoms with Gasteiger partial charge in [0.1, 0.15) is 0 Å². The van der Waals surface area contributed by atoms with Gasteiger partial charge in [-0.2, -0.15) is 0 Å². The number of amides is 1. The SMILES string of the molecule is CCN(CC)C(=O)[C@]1(c2ccccc2)[C@H]([C@@H](O)c2ccccc2)[C@@H]1C. The maximum Gasteiger partial charge on any atom is 0.233 e. The van der Waals surface area contributed by atoms with Gasteiger partial charge in [-0.1, -0.05) is 67.6 Å². The van der Waals surface area contributed by atoms with E-state index in [1.54, 1.807) is 0 Å². The first-order chi connectivity index (χ1) is 12.1. The molecule has 1 aliphatic carbocycles. The normalized spacial score (nSPS) is 26.1. The van der Waals surface area contributed by atoms with E-state index in [2.05, 4.69) is 6.92 Å². The number of nitrogens with zero attached hydrogens (tertiary/aromatic N) is 1. The van der Waals surface area contributed by atoms with Crippen molar-refractivity contribution in [2.24, 2.45) is 11.8 Å². The van der Waals surface area contributed by atoms with Crippen LogP contribution in [0.1, 0.15) is 38.0 Å². The number of aliphatic hydroxyl groups is 1. The van der Waals surface area contributed by atoms with Crippen molar-refractivity contribution in [2.75, 3.05) is 13.1 Å². The molecule has 3 nitrogen and oxygen atoms in total. The highest BCUT2D eigenvalue weighted by atomic mass is 16.3. The number of carbonyl (C=O) groups is 1. The van der Waals surface area contributed by atoms with Crippen molar-refractivity contribution in [2.45, 2.75) is 32.3 Å². The Kier molecular flexibility index (Phi) is 4.96. The lowest BCUT2D eigenvalue weighted by Crippen LogP contribution is -2.41. The van der Waals surface area contributed by atoms with Crippen molar-refractivity contribution in [1.82, 2.24) is 4.90 Å². The highest BCUT2D eigenvalue weighted by Crippen LogP contribution is 2.65. The Morgan fingerprint density at radius 3 is 2.08 bits per heavy atom. The second kappa shape index (κ2) is 7.01. The molecule has 1 amide bonds. The van der Waals surface area contributed by atoms with Crippen molar-refractivity contribution in [3.8, 4) is 0 Å². The standard InChI is InChI=1S/C22H27NO2/c1-4-23(5-2)21(25)22(18-14-10-7-11-15-18)16(3)19(22)20(24)17-12-8-6-9-13-17/h6-16,19-20,24H,4-5H2,1-3H3/t16-,19-,20-,22+/m0/s1. The molecule has 0 saturated heterocycles. The highest BCUT2D eigenvalue weighted by molar-refractivity contribution is 5.93. The fourth-order valence-electron chi connectivity index (χ4n) is 4.38. The van der Waals surface area contributed by atoms with E-state index in [9.17, 15) is 9.90 Å². The number of hydrogen-bond acceptors (Lipinski definition) is 2. The van der Waals surface area contributed by atoms with Gasteiger partial charge in [-0.15, -0.1) is 0 Å². The third-order valence-electron chi connectivity index (χ3n) is 5.81. The minimum absolute atomic E-state index is 0.0956. The van der Waals surface area contributed by atoms with Crippen LogP contribution in [-0.4, -0.2) is 29.0 Å². The van der Waals surface area contributed by atoms with Crippen LogP contribution in [-0.2, 0) is 10.2 Å². The minimum Gasteiger partial charge on any atom is -0.388 e. The Labute approximate surface area is 150 Å². The van der Waals surface area contributed by atoms with E-state index in [4.69, 9.17) is 0 Å². The van der Waals surface area contributed by atoms with Gasteiger partial charge in [-0.3, -0.25) is 4.79 Å². The molecule has 3 rings (SSSR count). The molecule has 0 spiro atoms. The van der Waals surface area contributed by atoms with Gasteiger partial charge < -0.3 is 10.0 Å². The lowest BCUT2D eigenvalue weighted by Gasteiger charge is -2.28. The van der Waals surface area contributed by atoms with Crippen LogP contribution in [0.3, 0.4) is 0 Å². The highest BCUT2D eigenvalue weighted by Gasteiger charge is 2.70. The molecule has 0 bridgehead atoms. The zero-order chi connectivity index (χ0) is 18.0. The lowest BCUT2D eigenvalue weighted by molar-refractivity contribution is -0.134. The van der Waals surface area contributed by atoms with E-state index >= 15 is 0 Å². The molecule has 4 atom stereocenters. The van der Waals surface area contributed by atoms with E-state index < -0.39 is 11.5 Å². The Balaban J connectivity index is 2.03. The van der Waals surface area contributed by atoms with Crippen LogP contribution < -0.4 is 0 Å². The number of aliphatic hydroxyl groups excluding tert-OH is 1. The predicted octanol–water partition coefficient (Wildman–Crippen LogP) is 3.79. The third kappa shape index (κ3) is 2.77. The molecular weight excluding hydrogens is 310 g/mol. The number of carbonyl (C=O) groups excluding carboxylic acids is 1. The van der Waals surface area contributed by atoms with Crippen LogP contribution in [0, 0.1) is 11.8 Å². The second-order valence-corrected chi connectivity index (χ2v) is 6.88. The molecule has 132 valence electrons. The van der Waals surface area contributed by atoms with Crippen LogP contribution in [0.5, 0.6) is 0 Å². The first-order valence-corrected chi connectivity index (χ1v) is 9.16. The van der Waals surface area contributed by atoms with Gasteiger partial charge in [0, 0.05) is 19.0 Å². The summed E-state index contributed by atoms with van der Waals surface area (Å²) in [6.07, 6.45) is -0.643. The second-order valence-electron chi connectivity index (χ2n) is 6.88. The number of rotatable bonds is 6. The molecule has 0 radical (unpaired) electrons. The summed E-state index contributed by atoms with van der Waals surface area (Å²) in [6.45, 7) is 7.48. The molecule has 0 aliphatic heterocycles. The maximum absolute atomic E-state index is 13.5. The first kappa shape index (κ1) is 17.7. The molecule has 3 heteroatoms. The first-order valence-electron chi connectivity index (χ1n) is 9.16. The fraction of sp³-hybridized carbons (Fsp3) is 0.409. The molecule has 0 aromatic heterocycles. The van der Waals surface area contributed by atoms with Crippen molar-refractivity contribution < 1.29 is 9.90 Å². The molecule has 1 fully saturated rings. The smallest absolute Gasteiger partial charge is 0.233 e. The minimum atomic E-state index is -0.643. The Morgan fingerprint density at radius 2 is 1.56 bits per heavy atom. The lowest BCUT2D eigenvalue weighted by atomic mass is 9.87. The summed E-state index contributed by atoms with van der Waals surface area (Å²) < 4.78 is 0. The Morgan fingerprint density at radius 1 is 1.04 bits per heavy atom. The molecule has 0 unspecified atom stereocenters. The topological polar surface area (TPSA) is 40.5 Å². The Hall–Kier alpha value is -2.13. The van der Waals surface area contributed by atoms with Gasteiger partial charge >= 0.3 is 0 Å². The summed E-state index contributed by atoms with van der Waals surface area (Å²) >= 11 is 0. The predicted molar refractivity (Wildman–Crippen MR) is 100 cm³/mol. The van der Waals surface area contributed by atoms with Crippen LogP contribution in [0.15, 0.2) is 60.7 Å². The van der Waals surface area contributed by atoms with Crippen molar-refractivity contribution >= 4 is 5.91 Å². The molecular formula is C22H27NO2. The molecule has 1 saturated carbocycles. The van der Waals surface area contributed by atoms with Crippen LogP contribution in [0.25, 0.3) is 0 Å². The van der Waals surface area contributed by atoms with E-state index in [0.29, 0.717) is 13.1 Å². The zero-order valence-electron chi connectivity index (χ0n) is 15.2. The van der Waals surface area contributed by atoms with Gasteiger partial charge in [0.2, 0.25) is 5.91 Å². The van der Waals surface area contributed by atoms with Crippen molar-refractivity contribution in [1.29, 1.82) is 0 Å². The van der Waals surface area contributed by atoms with Crippen molar-refractivity contribution in [3.05, 3.63) is 71.8 Å². The monoisotopic (exact) mass is 337 g/mol. The average Bonchev–Trinajstić information content (AvgIpc) is 3.29. The molecule has 25 heavy (non-hydrogen) atoms. The molecule has 2 aromatic carbocycles. The number of hydrogen-bond donors (Lipinski definition) is 1. The number of benzene rings is 2. The molecule has 1 N–H and O–H groups in total. The van der Waals surface area contributed by atoms with E-state index in [1.807, 2.05) is 79.4 Å².